The Kier molecular flexibility index (Phi) is 3.88. The van der Waals surface area contributed by atoms with E-state index in [1.807, 2.05) is 0 Å². The molecule has 8 heteroatoms. The summed E-state index contributed by atoms with van der Waals surface area (Å²) >= 11 is 0. The van der Waals surface area contributed by atoms with Crippen molar-refractivity contribution in [2.75, 3.05) is 5.73 Å². The first-order chi connectivity index (χ1) is 11.3. The van der Waals surface area contributed by atoms with E-state index in [0.29, 0.717) is 22.3 Å². The van der Waals surface area contributed by atoms with Crippen molar-refractivity contribution >= 4 is 16.7 Å². The summed E-state index contributed by atoms with van der Waals surface area (Å²) in [5.41, 5.74) is 7.38. The van der Waals surface area contributed by atoms with Gasteiger partial charge in [0.15, 0.2) is 0 Å². The van der Waals surface area contributed by atoms with E-state index >= 15 is 0 Å². The normalized spacial score (nSPS) is 11.6. The van der Waals surface area contributed by atoms with Crippen LogP contribution in [-0.4, -0.2) is 15.9 Å². The molecule has 24 heavy (non-hydrogen) atoms. The molecule has 2 N–H and O–H groups in total. The van der Waals surface area contributed by atoms with E-state index in [4.69, 9.17) is 5.73 Å². The molecule has 0 aliphatic carbocycles. The third kappa shape index (κ3) is 3.48. The van der Waals surface area contributed by atoms with Crippen molar-refractivity contribution in [3.63, 3.8) is 0 Å². The summed E-state index contributed by atoms with van der Waals surface area (Å²) < 4.78 is 42.2. The van der Waals surface area contributed by atoms with Crippen molar-refractivity contribution in [3.05, 3.63) is 64.6 Å². The van der Waals surface area contributed by atoms with Gasteiger partial charge in [-0.05, 0) is 35.9 Å². The second kappa shape index (κ2) is 5.88. The number of ether oxygens (including phenoxy) is 1. The van der Waals surface area contributed by atoms with E-state index < -0.39 is 6.36 Å². The number of nitrogens with zero attached hydrogens (tertiary/aromatic N) is 2. The first-order valence-electron chi connectivity index (χ1n) is 6.91. The Morgan fingerprint density at radius 1 is 1.17 bits per heavy atom. The zero-order valence-electron chi connectivity index (χ0n) is 12.2. The molecule has 0 atom stereocenters. The highest BCUT2D eigenvalue weighted by Crippen LogP contribution is 2.24. The Hall–Kier alpha value is -3.03. The van der Waals surface area contributed by atoms with Crippen molar-refractivity contribution in [3.8, 4) is 5.75 Å². The molecule has 0 saturated heterocycles. The topological polar surface area (TPSA) is 70.1 Å². The largest absolute Gasteiger partial charge is 0.573 e. The number of nitrogen functional groups attached to an aromatic ring is 1. The van der Waals surface area contributed by atoms with Crippen LogP contribution < -0.4 is 16.0 Å². The number of benzene rings is 2. The van der Waals surface area contributed by atoms with Gasteiger partial charge in [-0.15, -0.1) is 13.2 Å². The Labute approximate surface area is 134 Å². The predicted molar refractivity (Wildman–Crippen MR) is 82.6 cm³/mol. The summed E-state index contributed by atoms with van der Waals surface area (Å²) in [6, 6.07) is 10.4. The fraction of sp³-hybridized carbons (Fsp3) is 0.125. The van der Waals surface area contributed by atoms with Crippen molar-refractivity contribution in [1.29, 1.82) is 0 Å². The maximum atomic E-state index is 12.3. The molecule has 0 radical (unpaired) electrons. The van der Waals surface area contributed by atoms with Crippen LogP contribution in [0.2, 0.25) is 0 Å². The van der Waals surface area contributed by atoms with Crippen LogP contribution in [0.15, 0.2) is 53.5 Å². The summed E-state index contributed by atoms with van der Waals surface area (Å²) in [7, 11) is 0. The molecule has 5 nitrogen and oxygen atoms in total. The Morgan fingerprint density at radius 3 is 2.71 bits per heavy atom. The van der Waals surface area contributed by atoms with Gasteiger partial charge in [-0.25, -0.2) is 4.98 Å². The van der Waals surface area contributed by atoms with E-state index in [2.05, 4.69) is 9.72 Å². The van der Waals surface area contributed by atoms with Gasteiger partial charge in [-0.1, -0.05) is 12.1 Å². The van der Waals surface area contributed by atoms with Crippen molar-refractivity contribution in [2.45, 2.75) is 12.9 Å². The fourth-order valence-corrected chi connectivity index (χ4v) is 2.37. The smallest absolute Gasteiger partial charge is 0.406 e. The Balaban J connectivity index is 2.00. The van der Waals surface area contributed by atoms with E-state index in [9.17, 15) is 18.0 Å². The van der Waals surface area contributed by atoms with Gasteiger partial charge in [0, 0.05) is 5.69 Å². The zero-order chi connectivity index (χ0) is 17.3. The van der Waals surface area contributed by atoms with E-state index in [1.165, 1.54) is 22.8 Å². The molecule has 0 amide bonds. The zero-order valence-corrected chi connectivity index (χ0v) is 12.2. The lowest BCUT2D eigenvalue weighted by atomic mass is 10.2. The lowest BCUT2D eigenvalue weighted by Crippen LogP contribution is -2.21. The number of rotatable bonds is 3. The summed E-state index contributed by atoms with van der Waals surface area (Å²) in [4.78, 5) is 16.1. The van der Waals surface area contributed by atoms with Gasteiger partial charge in [0.05, 0.1) is 23.8 Å². The SMILES string of the molecule is Nc1ccc2c(c1)ncc(=O)n2Cc1cccc(OC(F)(F)F)c1. The summed E-state index contributed by atoms with van der Waals surface area (Å²) in [5, 5.41) is 0. The monoisotopic (exact) mass is 335 g/mol. The number of fused-ring (bicyclic) bond motifs is 1. The van der Waals surface area contributed by atoms with Gasteiger partial charge in [-0.2, -0.15) is 0 Å². The Morgan fingerprint density at radius 2 is 1.96 bits per heavy atom. The van der Waals surface area contributed by atoms with Gasteiger partial charge < -0.3 is 15.0 Å². The number of aromatic nitrogens is 2. The van der Waals surface area contributed by atoms with Crippen LogP contribution in [0.25, 0.3) is 11.0 Å². The van der Waals surface area contributed by atoms with Gasteiger partial charge in [-0.3, -0.25) is 4.79 Å². The molecular weight excluding hydrogens is 323 g/mol. The summed E-state index contributed by atoms with van der Waals surface area (Å²) in [6.45, 7) is 0.0802. The third-order valence-corrected chi connectivity index (χ3v) is 3.34. The standard InChI is InChI=1S/C16H12F3N3O2/c17-16(18,19)24-12-3-1-2-10(6-12)9-22-14-5-4-11(20)7-13(14)21-8-15(22)23/h1-8H,9,20H2. The molecule has 0 aliphatic rings. The van der Waals surface area contributed by atoms with Gasteiger partial charge in [0.25, 0.3) is 5.56 Å². The molecule has 124 valence electrons. The lowest BCUT2D eigenvalue weighted by molar-refractivity contribution is -0.274. The van der Waals surface area contributed by atoms with E-state index in [1.54, 1.807) is 24.3 Å². The van der Waals surface area contributed by atoms with Crippen molar-refractivity contribution in [2.24, 2.45) is 0 Å². The molecule has 2 aromatic carbocycles. The van der Waals surface area contributed by atoms with Crippen LogP contribution in [-0.2, 0) is 6.54 Å². The molecule has 3 aromatic rings. The van der Waals surface area contributed by atoms with Crippen LogP contribution in [0.1, 0.15) is 5.56 Å². The van der Waals surface area contributed by atoms with E-state index in [0.717, 1.165) is 6.20 Å². The quantitative estimate of drug-likeness (QED) is 0.747. The molecule has 0 aliphatic heterocycles. The summed E-state index contributed by atoms with van der Waals surface area (Å²) in [6.07, 6.45) is -3.62. The van der Waals surface area contributed by atoms with Crippen LogP contribution in [0.4, 0.5) is 18.9 Å². The molecule has 3 rings (SSSR count). The Bertz CT molecular complexity index is 951. The highest BCUT2D eigenvalue weighted by Gasteiger charge is 2.31. The van der Waals surface area contributed by atoms with E-state index in [-0.39, 0.29) is 17.9 Å². The lowest BCUT2D eigenvalue weighted by Gasteiger charge is -2.12. The summed E-state index contributed by atoms with van der Waals surface area (Å²) in [5.74, 6) is -0.337. The average molecular weight is 335 g/mol. The van der Waals surface area contributed by atoms with Crippen molar-refractivity contribution < 1.29 is 17.9 Å². The second-order valence-corrected chi connectivity index (χ2v) is 5.13. The van der Waals surface area contributed by atoms with Gasteiger partial charge in [0.2, 0.25) is 0 Å². The highest BCUT2D eigenvalue weighted by atomic mass is 19.4. The number of halogens is 3. The maximum absolute atomic E-state index is 12.3. The van der Waals surface area contributed by atoms with Gasteiger partial charge in [0.1, 0.15) is 5.75 Å². The van der Waals surface area contributed by atoms with Gasteiger partial charge >= 0.3 is 6.36 Å². The minimum atomic E-state index is -4.77. The number of nitrogens with two attached hydrogens (primary N) is 1. The molecule has 0 saturated carbocycles. The number of hydrogen-bond acceptors (Lipinski definition) is 4. The minimum absolute atomic E-state index is 0.0802. The molecule has 0 spiro atoms. The first-order valence-corrected chi connectivity index (χ1v) is 6.91. The minimum Gasteiger partial charge on any atom is -0.406 e. The van der Waals surface area contributed by atoms with Crippen LogP contribution in [0.5, 0.6) is 5.75 Å². The average Bonchev–Trinajstić information content (AvgIpc) is 2.49. The molecule has 0 fully saturated rings. The molecule has 0 bridgehead atoms. The number of anilines is 1. The van der Waals surface area contributed by atoms with Crippen LogP contribution >= 0.6 is 0 Å². The van der Waals surface area contributed by atoms with Crippen LogP contribution in [0, 0.1) is 0 Å². The molecule has 1 aromatic heterocycles. The molecule has 1 heterocycles. The molecule has 0 unspecified atom stereocenters. The van der Waals surface area contributed by atoms with Crippen molar-refractivity contribution in [1.82, 2.24) is 9.55 Å². The third-order valence-electron chi connectivity index (χ3n) is 3.34. The fourth-order valence-electron chi connectivity index (χ4n) is 2.37. The van der Waals surface area contributed by atoms with Crippen LogP contribution in [0.3, 0.4) is 0 Å². The predicted octanol–water partition coefficient (Wildman–Crippen LogP) is 2.93. The second-order valence-electron chi connectivity index (χ2n) is 5.13. The first kappa shape index (κ1) is 15.9. The maximum Gasteiger partial charge on any atom is 0.573 e. The highest BCUT2D eigenvalue weighted by molar-refractivity contribution is 5.78. The number of alkyl halides is 3. The molecular formula is C16H12F3N3O2. The number of hydrogen-bond donors (Lipinski definition) is 1.